The van der Waals surface area contributed by atoms with Gasteiger partial charge in [-0.15, -0.1) is 0 Å². The van der Waals surface area contributed by atoms with E-state index in [0.717, 1.165) is 0 Å². The summed E-state index contributed by atoms with van der Waals surface area (Å²) in [5.41, 5.74) is 0.367. The lowest BCUT2D eigenvalue weighted by Gasteiger charge is -2.19. The Balaban J connectivity index is 2.10. The number of hydrogen-bond acceptors (Lipinski definition) is 5. The van der Waals surface area contributed by atoms with Crippen molar-refractivity contribution in [2.24, 2.45) is 0 Å². The standard InChI is InChI=1S/C20H23FN2O5S/c1-4-23(5-2)29(26,27)18-8-6-7-15(13-18)20(25)28-14(3)19(24)22-17-11-9-16(21)10-12-17/h6-14H,4-5H2,1-3H3,(H,22,24)/t14-/m1/s1. The van der Waals surface area contributed by atoms with Gasteiger partial charge in [-0.3, -0.25) is 4.79 Å². The van der Waals surface area contributed by atoms with Gasteiger partial charge in [0.2, 0.25) is 10.0 Å². The van der Waals surface area contributed by atoms with Crippen LogP contribution in [-0.2, 0) is 19.6 Å². The number of halogens is 1. The number of anilines is 1. The van der Waals surface area contributed by atoms with E-state index in [-0.39, 0.29) is 10.5 Å². The van der Waals surface area contributed by atoms with Crippen molar-refractivity contribution in [2.75, 3.05) is 18.4 Å². The SMILES string of the molecule is CCN(CC)S(=O)(=O)c1cccc(C(=O)O[C@H](C)C(=O)Nc2ccc(F)cc2)c1. The molecule has 1 atom stereocenters. The number of carbonyl (C=O) groups excluding carboxylic acids is 2. The van der Waals surface area contributed by atoms with Gasteiger partial charge in [0.25, 0.3) is 5.91 Å². The maximum absolute atomic E-state index is 12.9. The second kappa shape index (κ2) is 9.62. The summed E-state index contributed by atoms with van der Waals surface area (Å²) >= 11 is 0. The van der Waals surface area contributed by atoms with Crippen LogP contribution < -0.4 is 5.32 Å². The summed E-state index contributed by atoms with van der Waals surface area (Å²) in [5.74, 6) is -1.87. The minimum atomic E-state index is -3.73. The van der Waals surface area contributed by atoms with Crippen LogP contribution in [0.4, 0.5) is 10.1 Å². The van der Waals surface area contributed by atoms with Crippen LogP contribution in [0.5, 0.6) is 0 Å². The van der Waals surface area contributed by atoms with E-state index < -0.39 is 33.8 Å². The lowest BCUT2D eigenvalue weighted by molar-refractivity contribution is -0.123. The fraction of sp³-hybridized carbons (Fsp3) is 0.300. The molecule has 2 rings (SSSR count). The highest BCUT2D eigenvalue weighted by atomic mass is 32.2. The molecule has 0 aliphatic carbocycles. The zero-order valence-electron chi connectivity index (χ0n) is 16.4. The van der Waals surface area contributed by atoms with Crippen LogP contribution in [0, 0.1) is 5.82 Å². The molecule has 0 aliphatic heterocycles. The number of rotatable bonds is 8. The fourth-order valence-corrected chi connectivity index (χ4v) is 4.06. The summed E-state index contributed by atoms with van der Waals surface area (Å²) < 4.78 is 44.6. The number of amides is 1. The molecular formula is C20H23FN2O5S. The van der Waals surface area contributed by atoms with Gasteiger partial charge in [0.15, 0.2) is 6.10 Å². The van der Waals surface area contributed by atoms with Gasteiger partial charge in [0, 0.05) is 18.8 Å². The Morgan fingerprint density at radius 2 is 1.72 bits per heavy atom. The average molecular weight is 422 g/mol. The maximum Gasteiger partial charge on any atom is 0.338 e. The van der Waals surface area contributed by atoms with Crippen molar-refractivity contribution in [2.45, 2.75) is 31.8 Å². The Bertz CT molecular complexity index is 973. The molecule has 2 aromatic carbocycles. The third kappa shape index (κ3) is 5.61. The molecule has 0 saturated carbocycles. The molecule has 9 heteroatoms. The van der Waals surface area contributed by atoms with Gasteiger partial charge in [0.05, 0.1) is 10.5 Å². The molecular weight excluding hydrogens is 399 g/mol. The molecule has 0 aliphatic rings. The zero-order chi connectivity index (χ0) is 21.6. The topological polar surface area (TPSA) is 92.8 Å². The first-order valence-electron chi connectivity index (χ1n) is 9.06. The van der Waals surface area contributed by atoms with Crippen LogP contribution in [-0.4, -0.2) is 43.8 Å². The number of benzene rings is 2. The first-order valence-corrected chi connectivity index (χ1v) is 10.5. The molecule has 0 radical (unpaired) electrons. The Morgan fingerprint density at radius 1 is 1.10 bits per heavy atom. The number of ether oxygens (including phenoxy) is 1. The lowest BCUT2D eigenvalue weighted by atomic mass is 10.2. The van der Waals surface area contributed by atoms with Crippen molar-refractivity contribution in [1.82, 2.24) is 4.31 Å². The third-order valence-electron chi connectivity index (χ3n) is 4.18. The van der Waals surface area contributed by atoms with Gasteiger partial charge in [-0.1, -0.05) is 19.9 Å². The van der Waals surface area contributed by atoms with Crippen molar-refractivity contribution >= 4 is 27.6 Å². The van der Waals surface area contributed by atoms with Crippen LogP contribution in [0.2, 0.25) is 0 Å². The number of carbonyl (C=O) groups is 2. The van der Waals surface area contributed by atoms with Crippen LogP contribution in [0.25, 0.3) is 0 Å². The van der Waals surface area contributed by atoms with Gasteiger partial charge in [-0.05, 0) is 49.4 Å². The fourth-order valence-electron chi connectivity index (χ4n) is 2.56. The first-order chi connectivity index (χ1) is 13.7. The molecule has 0 saturated heterocycles. The molecule has 29 heavy (non-hydrogen) atoms. The molecule has 0 spiro atoms. The maximum atomic E-state index is 12.9. The van der Waals surface area contributed by atoms with E-state index in [0.29, 0.717) is 18.8 Å². The molecule has 0 bridgehead atoms. The zero-order valence-corrected chi connectivity index (χ0v) is 17.2. The first kappa shape index (κ1) is 22.5. The summed E-state index contributed by atoms with van der Waals surface area (Å²) in [5, 5.41) is 2.51. The molecule has 2 aromatic rings. The predicted molar refractivity (Wildman–Crippen MR) is 106 cm³/mol. The number of hydrogen-bond donors (Lipinski definition) is 1. The molecule has 7 nitrogen and oxygen atoms in total. The van der Waals surface area contributed by atoms with E-state index in [9.17, 15) is 22.4 Å². The highest BCUT2D eigenvalue weighted by molar-refractivity contribution is 7.89. The minimum absolute atomic E-state index is 0.0136. The predicted octanol–water partition coefficient (Wildman–Crippen LogP) is 3.04. The van der Waals surface area contributed by atoms with Crippen LogP contribution in [0.15, 0.2) is 53.4 Å². The van der Waals surface area contributed by atoms with Crippen molar-refractivity contribution < 1.29 is 27.1 Å². The van der Waals surface area contributed by atoms with Gasteiger partial charge >= 0.3 is 5.97 Å². The van der Waals surface area contributed by atoms with Crippen molar-refractivity contribution in [3.05, 3.63) is 59.9 Å². The summed E-state index contributed by atoms with van der Waals surface area (Å²) in [4.78, 5) is 24.5. The molecule has 0 heterocycles. The van der Waals surface area contributed by atoms with Crippen LogP contribution >= 0.6 is 0 Å². The molecule has 0 aromatic heterocycles. The monoisotopic (exact) mass is 422 g/mol. The van der Waals surface area contributed by atoms with Gasteiger partial charge < -0.3 is 10.1 Å². The second-order valence-corrected chi connectivity index (χ2v) is 8.10. The Kier molecular flexibility index (Phi) is 7.46. The number of nitrogens with zero attached hydrogens (tertiary/aromatic N) is 1. The molecule has 0 fully saturated rings. The lowest BCUT2D eigenvalue weighted by Crippen LogP contribution is -2.31. The summed E-state index contributed by atoms with van der Waals surface area (Å²) in [6.45, 7) is 5.43. The largest absolute Gasteiger partial charge is 0.449 e. The Morgan fingerprint density at radius 3 is 2.31 bits per heavy atom. The normalized spacial score (nSPS) is 12.4. The highest BCUT2D eigenvalue weighted by Gasteiger charge is 2.24. The van der Waals surface area contributed by atoms with E-state index in [2.05, 4.69) is 5.32 Å². The Hall–Kier alpha value is -2.78. The minimum Gasteiger partial charge on any atom is -0.449 e. The van der Waals surface area contributed by atoms with E-state index in [1.807, 2.05) is 0 Å². The van der Waals surface area contributed by atoms with E-state index >= 15 is 0 Å². The number of sulfonamides is 1. The number of nitrogens with one attached hydrogen (secondary N) is 1. The van der Waals surface area contributed by atoms with E-state index in [1.54, 1.807) is 13.8 Å². The summed E-state index contributed by atoms with van der Waals surface area (Å²) in [7, 11) is -3.73. The van der Waals surface area contributed by atoms with Crippen molar-refractivity contribution in [3.63, 3.8) is 0 Å². The van der Waals surface area contributed by atoms with E-state index in [4.69, 9.17) is 4.74 Å². The van der Waals surface area contributed by atoms with Gasteiger partial charge in [-0.2, -0.15) is 4.31 Å². The van der Waals surface area contributed by atoms with Crippen LogP contribution in [0.3, 0.4) is 0 Å². The molecule has 156 valence electrons. The Labute approximate surface area is 169 Å². The van der Waals surface area contributed by atoms with Gasteiger partial charge in [0.1, 0.15) is 5.82 Å². The number of esters is 1. The highest BCUT2D eigenvalue weighted by Crippen LogP contribution is 2.18. The smallest absolute Gasteiger partial charge is 0.338 e. The van der Waals surface area contributed by atoms with Crippen molar-refractivity contribution in [1.29, 1.82) is 0 Å². The second-order valence-electron chi connectivity index (χ2n) is 6.16. The van der Waals surface area contributed by atoms with E-state index in [1.165, 1.54) is 59.8 Å². The van der Waals surface area contributed by atoms with Crippen molar-refractivity contribution in [3.8, 4) is 0 Å². The van der Waals surface area contributed by atoms with Crippen LogP contribution in [0.1, 0.15) is 31.1 Å². The molecule has 1 amide bonds. The quantitative estimate of drug-likeness (QED) is 0.660. The average Bonchev–Trinajstić information content (AvgIpc) is 2.70. The summed E-state index contributed by atoms with van der Waals surface area (Å²) in [6, 6.07) is 10.6. The van der Waals surface area contributed by atoms with Gasteiger partial charge in [-0.25, -0.2) is 17.6 Å². The summed E-state index contributed by atoms with van der Waals surface area (Å²) in [6.07, 6.45) is -1.14. The third-order valence-corrected chi connectivity index (χ3v) is 6.22. The molecule has 1 N–H and O–H groups in total. The molecule has 0 unspecified atom stereocenters.